The monoisotopic (exact) mass is 615 g/mol. The molecule has 204 valence electrons. The van der Waals surface area contributed by atoms with Crippen LogP contribution in [0.2, 0.25) is 0 Å². The van der Waals surface area contributed by atoms with Crippen molar-refractivity contribution in [3.63, 3.8) is 0 Å². The van der Waals surface area contributed by atoms with E-state index < -0.39 is 0 Å². The molecule has 0 radical (unpaired) electrons. The van der Waals surface area contributed by atoms with Crippen LogP contribution in [0.3, 0.4) is 0 Å². The van der Waals surface area contributed by atoms with E-state index in [-0.39, 0.29) is 19.9 Å². The first-order chi connectivity index (χ1) is 21.1. The van der Waals surface area contributed by atoms with E-state index in [0.717, 1.165) is 5.69 Å². The molecule has 0 spiro atoms. The molecule has 9 rings (SSSR count). The van der Waals surface area contributed by atoms with Gasteiger partial charge in [0.15, 0.2) is 0 Å². The number of fused-ring (bicyclic) bond motifs is 10. The van der Waals surface area contributed by atoms with E-state index in [2.05, 4.69) is 158 Å². The van der Waals surface area contributed by atoms with Gasteiger partial charge in [0.05, 0.1) is 0 Å². The Hall–Kier alpha value is -4.62. The fraction of sp³-hybridized carbons (Fsp3) is 0.0732. The third-order valence-electron chi connectivity index (χ3n) is 9.43. The van der Waals surface area contributed by atoms with Crippen LogP contribution in [0, 0.1) is 0 Å². The van der Waals surface area contributed by atoms with E-state index in [1.54, 1.807) is 0 Å². The Bertz CT molecular complexity index is 2380. The molecule has 0 fully saturated rings. The topological polar surface area (TPSA) is 3.24 Å². The standard InChI is InChI=1S/C41H29NSe/c1-41(2)36-14-8-6-12-31(36)35-25-30(21-23-37(35)41)42(28-10-4-3-5-11-28)29-20-18-26-16-17-27-19-22-33-32-13-7-9-15-38(32)43-40(33)39(27)34(26)24-29/h3-25H,1-2H3. The zero-order chi connectivity index (χ0) is 28.7. The summed E-state index contributed by atoms with van der Waals surface area (Å²) in [5, 5.41) is 8.15. The van der Waals surface area contributed by atoms with Crippen LogP contribution in [0.4, 0.5) is 17.1 Å². The number of anilines is 3. The van der Waals surface area contributed by atoms with Gasteiger partial charge in [0.2, 0.25) is 0 Å². The number of hydrogen-bond acceptors (Lipinski definition) is 1. The Morgan fingerprint density at radius 2 is 1.16 bits per heavy atom. The molecular formula is C41H29NSe. The molecule has 43 heavy (non-hydrogen) atoms. The van der Waals surface area contributed by atoms with E-state index in [9.17, 15) is 0 Å². The second-order valence-corrected chi connectivity index (χ2v) is 14.4. The van der Waals surface area contributed by atoms with Crippen molar-refractivity contribution < 1.29 is 0 Å². The quantitative estimate of drug-likeness (QED) is 0.141. The number of rotatable bonds is 3. The van der Waals surface area contributed by atoms with E-state index in [1.165, 1.54) is 74.5 Å². The van der Waals surface area contributed by atoms with Gasteiger partial charge in [-0.1, -0.05) is 6.07 Å². The zero-order valence-corrected chi connectivity index (χ0v) is 25.8. The van der Waals surface area contributed by atoms with Gasteiger partial charge in [-0.2, -0.15) is 0 Å². The Kier molecular flexibility index (Phi) is 5.33. The summed E-state index contributed by atoms with van der Waals surface area (Å²) in [5.41, 5.74) is 8.99. The van der Waals surface area contributed by atoms with Crippen LogP contribution < -0.4 is 4.90 Å². The zero-order valence-electron chi connectivity index (χ0n) is 24.1. The van der Waals surface area contributed by atoms with Gasteiger partial charge in [-0.05, 0) is 0 Å². The Morgan fingerprint density at radius 1 is 0.488 bits per heavy atom. The van der Waals surface area contributed by atoms with Crippen LogP contribution in [0.5, 0.6) is 0 Å². The molecule has 0 saturated heterocycles. The van der Waals surface area contributed by atoms with Crippen molar-refractivity contribution in [3.8, 4) is 11.1 Å². The molecule has 1 aromatic heterocycles. The summed E-state index contributed by atoms with van der Waals surface area (Å²) in [6.45, 7) is 4.69. The molecule has 1 heterocycles. The summed E-state index contributed by atoms with van der Waals surface area (Å²) in [7, 11) is 0. The maximum absolute atomic E-state index is 2.43. The van der Waals surface area contributed by atoms with Crippen LogP contribution in [-0.2, 0) is 5.41 Å². The summed E-state index contributed by atoms with van der Waals surface area (Å²) < 4.78 is 2.99. The number of benzene rings is 7. The first-order valence-electron chi connectivity index (χ1n) is 14.9. The first kappa shape index (κ1) is 24.9. The Morgan fingerprint density at radius 3 is 2.07 bits per heavy atom. The van der Waals surface area contributed by atoms with Crippen LogP contribution in [-0.4, -0.2) is 14.5 Å². The molecule has 0 atom stereocenters. The predicted octanol–water partition coefficient (Wildman–Crippen LogP) is 11.1. The molecule has 8 aromatic rings. The number of nitrogens with zero attached hydrogens (tertiary/aromatic N) is 1. The van der Waals surface area contributed by atoms with Gasteiger partial charge in [0, 0.05) is 0 Å². The third kappa shape index (κ3) is 3.64. The minimum absolute atomic E-state index is 0.0103. The van der Waals surface area contributed by atoms with Gasteiger partial charge in [-0.3, -0.25) is 0 Å². The molecule has 1 aliphatic rings. The molecule has 0 bridgehead atoms. The van der Waals surface area contributed by atoms with Crippen molar-refractivity contribution >= 4 is 72.4 Å². The fourth-order valence-corrected chi connectivity index (χ4v) is 9.99. The van der Waals surface area contributed by atoms with Crippen LogP contribution >= 0.6 is 0 Å². The van der Waals surface area contributed by atoms with Gasteiger partial charge in [-0.15, -0.1) is 0 Å². The molecule has 0 aliphatic heterocycles. The van der Waals surface area contributed by atoms with Crippen LogP contribution in [0.25, 0.3) is 52.0 Å². The Labute approximate surface area is 257 Å². The minimum atomic E-state index is -0.0103. The van der Waals surface area contributed by atoms with Crippen molar-refractivity contribution in [2.24, 2.45) is 0 Å². The predicted molar refractivity (Wildman–Crippen MR) is 186 cm³/mol. The normalized spacial score (nSPS) is 13.5. The third-order valence-corrected chi connectivity index (χ3v) is 12.0. The van der Waals surface area contributed by atoms with Crippen molar-refractivity contribution in [1.29, 1.82) is 0 Å². The maximum atomic E-state index is 2.43. The SMILES string of the molecule is CC1(C)c2ccccc2-c2cc(N(c3ccccc3)c3ccc4ccc5ccc6c7ccccc7[se]c6c5c4c3)ccc21. The van der Waals surface area contributed by atoms with Crippen molar-refractivity contribution in [1.82, 2.24) is 0 Å². The summed E-state index contributed by atoms with van der Waals surface area (Å²) in [4.78, 5) is 2.43. The van der Waals surface area contributed by atoms with Gasteiger partial charge in [0.25, 0.3) is 0 Å². The van der Waals surface area contributed by atoms with E-state index >= 15 is 0 Å². The van der Waals surface area contributed by atoms with Crippen LogP contribution in [0.15, 0.2) is 140 Å². The molecule has 7 aromatic carbocycles. The van der Waals surface area contributed by atoms with Gasteiger partial charge >= 0.3 is 252 Å². The van der Waals surface area contributed by atoms with Crippen LogP contribution in [0.1, 0.15) is 25.0 Å². The average Bonchev–Trinajstić information content (AvgIpc) is 3.54. The molecule has 1 nitrogen and oxygen atoms in total. The van der Waals surface area contributed by atoms with E-state index in [4.69, 9.17) is 0 Å². The summed E-state index contributed by atoms with van der Waals surface area (Å²) >= 11 is 0.287. The second-order valence-electron chi connectivity index (χ2n) is 12.2. The molecular weight excluding hydrogens is 585 g/mol. The van der Waals surface area contributed by atoms with Crippen molar-refractivity contribution in [2.45, 2.75) is 19.3 Å². The van der Waals surface area contributed by atoms with Crippen molar-refractivity contribution in [3.05, 3.63) is 151 Å². The summed E-state index contributed by atoms with van der Waals surface area (Å²) in [6.07, 6.45) is 0. The van der Waals surface area contributed by atoms with Gasteiger partial charge in [0.1, 0.15) is 0 Å². The molecule has 1 aliphatic carbocycles. The first-order valence-corrected chi connectivity index (χ1v) is 16.7. The second kappa shape index (κ2) is 9.19. The molecule has 0 amide bonds. The van der Waals surface area contributed by atoms with Gasteiger partial charge < -0.3 is 0 Å². The van der Waals surface area contributed by atoms with E-state index in [1.807, 2.05) is 0 Å². The average molecular weight is 615 g/mol. The van der Waals surface area contributed by atoms with E-state index in [0.29, 0.717) is 0 Å². The summed E-state index contributed by atoms with van der Waals surface area (Å²) in [5.74, 6) is 0. The molecule has 0 unspecified atom stereocenters. The molecule has 0 N–H and O–H groups in total. The van der Waals surface area contributed by atoms with Gasteiger partial charge in [-0.25, -0.2) is 0 Å². The number of hydrogen-bond donors (Lipinski definition) is 0. The molecule has 2 heteroatoms. The summed E-state index contributed by atoms with van der Waals surface area (Å²) in [6, 6.07) is 52.0. The Balaban J connectivity index is 1.31. The van der Waals surface area contributed by atoms with Crippen molar-refractivity contribution in [2.75, 3.05) is 4.90 Å². The number of para-hydroxylation sites is 1. The molecule has 0 saturated carbocycles. The fourth-order valence-electron chi connectivity index (χ4n) is 7.32.